The summed E-state index contributed by atoms with van der Waals surface area (Å²) in [5.74, 6) is 6.20. The predicted octanol–water partition coefficient (Wildman–Crippen LogP) is 2.02. The molecule has 3 N–H and O–H groups in total. The molecule has 1 aromatic heterocycles. The molecule has 0 saturated carbocycles. The van der Waals surface area contributed by atoms with Gasteiger partial charge in [-0.1, -0.05) is 19.9 Å². The van der Waals surface area contributed by atoms with Crippen LogP contribution in [0.1, 0.15) is 38.4 Å². The molecule has 78 valence electrons. The number of hydrogen-bond donors (Lipinski definition) is 2. The van der Waals surface area contributed by atoms with E-state index in [4.69, 9.17) is 5.84 Å². The van der Waals surface area contributed by atoms with Crippen LogP contribution in [0.25, 0.3) is 0 Å². The minimum atomic E-state index is 0.179. The SMILES string of the molecule is CC(C)CCC(NN)c1ccccn1. The summed E-state index contributed by atoms with van der Waals surface area (Å²) in [6.45, 7) is 4.43. The van der Waals surface area contributed by atoms with Gasteiger partial charge in [-0.05, 0) is 30.9 Å². The largest absolute Gasteiger partial charge is 0.271 e. The van der Waals surface area contributed by atoms with Gasteiger partial charge in [-0.2, -0.15) is 0 Å². The second kappa shape index (κ2) is 5.73. The molecule has 0 fully saturated rings. The van der Waals surface area contributed by atoms with Gasteiger partial charge in [0.15, 0.2) is 0 Å². The first-order chi connectivity index (χ1) is 6.74. The van der Waals surface area contributed by atoms with E-state index >= 15 is 0 Å². The summed E-state index contributed by atoms with van der Waals surface area (Å²) in [5.41, 5.74) is 3.83. The van der Waals surface area contributed by atoms with Gasteiger partial charge >= 0.3 is 0 Å². The minimum absolute atomic E-state index is 0.179. The van der Waals surface area contributed by atoms with Gasteiger partial charge in [0, 0.05) is 6.20 Å². The van der Waals surface area contributed by atoms with E-state index < -0.39 is 0 Å². The van der Waals surface area contributed by atoms with E-state index in [1.807, 2.05) is 18.2 Å². The minimum Gasteiger partial charge on any atom is -0.271 e. The molecule has 14 heavy (non-hydrogen) atoms. The van der Waals surface area contributed by atoms with E-state index in [0.717, 1.165) is 18.5 Å². The van der Waals surface area contributed by atoms with Crippen LogP contribution in [0.5, 0.6) is 0 Å². The third-order valence-electron chi connectivity index (χ3n) is 2.28. The van der Waals surface area contributed by atoms with Crippen LogP contribution < -0.4 is 11.3 Å². The van der Waals surface area contributed by atoms with Crippen molar-refractivity contribution >= 4 is 0 Å². The lowest BCUT2D eigenvalue weighted by molar-refractivity contribution is 0.441. The number of hydrogen-bond acceptors (Lipinski definition) is 3. The van der Waals surface area contributed by atoms with Crippen LogP contribution in [-0.4, -0.2) is 4.98 Å². The fourth-order valence-electron chi connectivity index (χ4n) is 1.40. The first-order valence-electron chi connectivity index (χ1n) is 5.11. The van der Waals surface area contributed by atoms with E-state index in [1.165, 1.54) is 0 Å². The highest BCUT2D eigenvalue weighted by Crippen LogP contribution is 2.17. The van der Waals surface area contributed by atoms with Crippen LogP contribution in [0.3, 0.4) is 0 Å². The number of nitrogens with one attached hydrogen (secondary N) is 1. The van der Waals surface area contributed by atoms with E-state index in [1.54, 1.807) is 6.20 Å². The van der Waals surface area contributed by atoms with Crippen molar-refractivity contribution in [1.29, 1.82) is 0 Å². The number of hydrazine groups is 1. The first kappa shape index (κ1) is 11.1. The maximum absolute atomic E-state index is 5.50. The summed E-state index contributed by atoms with van der Waals surface area (Å²) >= 11 is 0. The molecule has 0 spiro atoms. The van der Waals surface area contributed by atoms with Gasteiger partial charge in [0.1, 0.15) is 0 Å². The highest BCUT2D eigenvalue weighted by molar-refractivity contribution is 5.08. The van der Waals surface area contributed by atoms with Crippen molar-refractivity contribution in [3.05, 3.63) is 30.1 Å². The fraction of sp³-hybridized carbons (Fsp3) is 0.545. The normalized spacial score (nSPS) is 13.1. The van der Waals surface area contributed by atoms with Gasteiger partial charge in [0.25, 0.3) is 0 Å². The molecule has 0 radical (unpaired) electrons. The third kappa shape index (κ3) is 3.44. The van der Waals surface area contributed by atoms with Crippen LogP contribution in [0.4, 0.5) is 0 Å². The molecule has 3 nitrogen and oxygen atoms in total. The Kier molecular flexibility index (Phi) is 4.56. The molecule has 0 aliphatic heterocycles. The smallest absolute Gasteiger partial charge is 0.0632 e. The summed E-state index contributed by atoms with van der Waals surface area (Å²) in [4.78, 5) is 4.29. The second-order valence-electron chi connectivity index (χ2n) is 3.95. The lowest BCUT2D eigenvalue weighted by atomic mass is 10.0. The summed E-state index contributed by atoms with van der Waals surface area (Å²) in [5, 5.41) is 0. The average Bonchev–Trinajstić information content (AvgIpc) is 2.20. The Bertz CT molecular complexity index is 246. The molecule has 1 aromatic rings. The molecule has 3 heteroatoms. The van der Waals surface area contributed by atoms with Gasteiger partial charge in [0.2, 0.25) is 0 Å². The Labute approximate surface area is 85.7 Å². The zero-order valence-electron chi connectivity index (χ0n) is 8.90. The van der Waals surface area contributed by atoms with Gasteiger partial charge in [-0.3, -0.25) is 16.3 Å². The average molecular weight is 193 g/mol. The standard InChI is InChI=1S/C11H19N3/c1-9(2)6-7-11(14-12)10-5-3-4-8-13-10/h3-5,8-9,11,14H,6-7,12H2,1-2H3. The van der Waals surface area contributed by atoms with Gasteiger partial charge < -0.3 is 0 Å². The molecule has 1 heterocycles. The second-order valence-corrected chi connectivity index (χ2v) is 3.95. The molecule has 0 amide bonds. The van der Waals surface area contributed by atoms with E-state index in [-0.39, 0.29) is 6.04 Å². The van der Waals surface area contributed by atoms with Crippen molar-refractivity contribution in [2.45, 2.75) is 32.7 Å². The monoisotopic (exact) mass is 193 g/mol. The van der Waals surface area contributed by atoms with Crippen molar-refractivity contribution in [2.24, 2.45) is 11.8 Å². The molecule has 0 aromatic carbocycles. The van der Waals surface area contributed by atoms with Crippen molar-refractivity contribution < 1.29 is 0 Å². The molecular formula is C11H19N3. The quantitative estimate of drug-likeness (QED) is 0.555. The van der Waals surface area contributed by atoms with E-state index in [9.17, 15) is 0 Å². The van der Waals surface area contributed by atoms with Crippen molar-refractivity contribution in [3.63, 3.8) is 0 Å². The highest BCUT2D eigenvalue weighted by atomic mass is 15.2. The molecule has 0 saturated heterocycles. The maximum atomic E-state index is 5.50. The van der Waals surface area contributed by atoms with Crippen LogP contribution in [0.15, 0.2) is 24.4 Å². The van der Waals surface area contributed by atoms with Crippen molar-refractivity contribution in [1.82, 2.24) is 10.4 Å². The lowest BCUT2D eigenvalue weighted by Gasteiger charge is -2.16. The molecule has 0 bridgehead atoms. The molecule has 1 rings (SSSR count). The summed E-state index contributed by atoms with van der Waals surface area (Å²) < 4.78 is 0. The number of nitrogens with zero attached hydrogens (tertiary/aromatic N) is 1. The molecule has 0 aliphatic rings. The summed E-state index contributed by atoms with van der Waals surface area (Å²) in [6.07, 6.45) is 3.99. The highest BCUT2D eigenvalue weighted by Gasteiger charge is 2.10. The Balaban J connectivity index is 2.54. The molecular weight excluding hydrogens is 174 g/mol. The Hall–Kier alpha value is -0.930. The predicted molar refractivity (Wildman–Crippen MR) is 58.4 cm³/mol. The summed E-state index contributed by atoms with van der Waals surface area (Å²) in [6, 6.07) is 6.09. The number of pyridine rings is 1. The molecule has 1 unspecified atom stereocenters. The van der Waals surface area contributed by atoms with Gasteiger partial charge in [-0.15, -0.1) is 0 Å². The number of aromatic nitrogens is 1. The maximum Gasteiger partial charge on any atom is 0.0632 e. The van der Waals surface area contributed by atoms with Gasteiger partial charge in [-0.25, -0.2) is 0 Å². The zero-order valence-corrected chi connectivity index (χ0v) is 8.90. The zero-order chi connectivity index (χ0) is 10.4. The van der Waals surface area contributed by atoms with Crippen LogP contribution in [0, 0.1) is 5.92 Å². The van der Waals surface area contributed by atoms with Gasteiger partial charge in [0.05, 0.1) is 11.7 Å². The summed E-state index contributed by atoms with van der Waals surface area (Å²) in [7, 11) is 0. The fourth-order valence-corrected chi connectivity index (χ4v) is 1.40. The topological polar surface area (TPSA) is 50.9 Å². The first-order valence-corrected chi connectivity index (χ1v) is 5.11. The molecule has 0 aliphatic carbocycles. The Morgan fingerprint density at radius 3 is 2.64 bits per heavy atom. The van der Waals surface area contributed by atoms with Crippen molar-refractivity contribution in [3.8, 4) is 0 Å². The lowest BCUT2D eigenvalue weighted by Crippen LogP contribution is -2.28. The van der Waals surface area contributed by atoms with Crippen LogP contribution in [0.2, 0.25) is 0 Å². The third-order valence-corrected chi connectivity index (χ3v) is 2.28. The van der Waals surface area contributed by atoms with Crippen LogP contribution in [-0.2, 0) is 0 Å². The van der Waals surface area contributed by atoms with E-state index in [2.05, 4.69) is 24.3 Å². The Morgan fingerprint density at radius 1 is 1.36 bits per heavy atom. The van der Waals surface area contributed by atoms with E-state index in [0.29, 0.717) is 5.92 Å². The Morgan fingerprint density at radius 2 is 2.14 bits per heavy atom. The number of rotatable bonds is 5. The molecule has 1 atom stereocenters. The van der Waals surface area contributed by atoms with Crippen LogP contribution >= 0.6 is 0 Å². The number of nitrogens with two attached hydrogens (primary N) is 1. The van der Waals surface area contributed by atoms with Crippen molar-refractivity contribution in [2.75, 3.05) is 0 Å².